The molecule has 0 spiro atoms. The van der Waals surface area contributed by atoms with Crippen molar-refractivity contribution >= 4 is 33.3 Å². The van der Waals surface area contributed by atoms with E-state index in [1.54, 1.807) is 0 Å². The first-order valence-corrected chi connectivity index (χ1v) is 5.77. The summed E-state index contributed by atoms with van der Waals surface area (Å²) in [5, 5.41) is -0.0169. The van der Waals surface area contributed by atoms with Gasteiger partial charge in [0.25, 0.3) is 0 Å². The Labute approximate surface area is 108 Å². The summed E-state index contributed by atoms with van der Waals surface area (Å²) in [6.45, 7) is -1.43. The van der Waals surface area contributed by atoms with Crippen LogP contribution in [-0.4, -0.2) is 28.9 Å². The van der Waals surface area contributed by atoms with E-state index in [1.165, 1.54) is 0 Å². The van der Waals surface area contributed by atoms with Gasteiger partial charge in [0, 0.05) is 6.07 Å². The zero-order valence-corrected chi connectivity index (χ0v) is 10.6. The number of carbonyl (C=O) groups excluding carboxylic acids is 1. The SMILES string of the molecule is O=C(CBr)c1ncc(OCC(F)(F)F)cc1Cl. The van der Waals surface area contributed by atoms with Gasteiger partial charge >= 0.3 is 6.18 Å². The van der Waals surface area contributed by atoms with Crippen molar-refractivity contribution in [3.8, 4) is 5.75 Å². The Morgan fingerprint density at radius 1 is 1.53 bits per heavy atom. The van der Waals surface area contributed by atoms with E-state index < -0.39 is 12.8 Å². The van der Waals surface area contributed by atoms with Crippen LogP contribution in [-0.2, 0) is 0 Å². The Balaban J connectivity index is 2.79. The van der Waals surface area contributed by atoms with Crippen LogP contribution in [0.15, 0.2) is 12.3 Å². The van der Waals surface area contributed by atoms with Gasteiger partial charge in [-0.2, -0.15) is 13.2 Å². The van der Waals surface area contributed by atoms with Gasteiger partial charge in [-0.3, -0.25) is 4.79 Å². The largest absolute Gasteiger partial charge is 0.482 e. The number of carbonyl (C=O) groups is 1. The number of alkyl halides is 4. The highest BCUT2D eigenvalue weighted by Gasteiger charge is 2.28. The third-order valence-corrected chi connectivity index (χ3v) is 2.40. The average Bonchev–Trinajstić information content (AvgIpc) is 2.24. The third kappa shape index (κ3) is 4.51. The fraction of sp³-hybridized carbons (Fsp3) is 0.333. The molecule has 0 radical (unpaired) electrons. The quantitative estimate of drug-likeness (QED) is 0.627. The second-order valence-electron chi connectivity index (χ2n) is 2.96. The first kappa shape index (κ1) is 14.2. The van der Waals surface area contributed by atoms with Crippen molar-refractivity contribution < 1.29 is 22.7 Å². The van der Waals surface area contributed by atoms with Gasteiger partial charge in [0.15, 0.2) is 12.4 Å². The lowest BCUT2D eigenvalue weighted by molar-refractivity contribution is -0.153. The van der Waals surface area contributed by atoms with E-state index in [0.717, 1.165) is 12.3 Å². The Kier molecular flexibility index (Phi) is 4.76. The number of aromatic nitrogens is 1. The monoisotopic (exact) mass is 331 g/mol. The Morgan fingerprint density at radius 2 is 2.18 bits per heavy atom. The van der Waals surface area contributed by atoms with Crippen molar-refractivity contribution in [1.82, 2.24) is 4.98 Å². The molecule has 94 valence electrons. The van der Waals surface area contributed by atoms with E-state index in [2.05, 4.69) is 25.7 Å². The molecule has 0 aliphatic carbocycles. The van der Waals surface area contributed by atoms with Crippen LogP contribution < -0.4 is 4.74 Å². The Bertz CT molecular complexity index is 425. The number of Topliss-reactive ketones (excluding diaryl/α,β-unsaturated/α-hetero) is 1. The van der Waals surface area contributed by atoms with Gasteiger partial charge in [-0.15, -0.1) is 0 Å². The molecule has 0 aliphatic rings. The molecule has 1 rings (SSSR count). The molecule has 0 aromatic carbocycles. The lowest BCUT2D eigenvalue weighted by Gasteiger charge is -2.09. The van der Waals surface area contributed by atoms with Crippen molar-refractivity contribution in [2.75, 3.05) is 11.9 Å². The summed E-state index contributed by atoms with van der Waals surface area (Å²) < 4.78 is 40.0. The second kappa shape index (κ2) is 5.68. The van der Waals surface area contributed by atoms with Crippen LogP contribution in [0, 0.1) is 0 Å². The number of pyridine rings is 1. The number of halogens is 5. The van der Waals surface area contributed by atoms with E-state index in [0.29, 0.717) is 0 Å². The maximum atomic E-state index is 11.9. The number of nitrogens with zero attached hydrogens (tertiary/aromatic N) is 1. The van der Waals surface area contributed by atoms with Crippen LogP contribution in [0.4, 0.5) is 13.2 Å². The van der Waals surface area contributed by atoms with Crippen LogP contribution in [0.1, 0.15) is 10.5 Å². The molecular formula is C9H6BrClF3NO2. The normalized spacial score (nSPS) is 11.4. The summed E-state index contributed by atoms with van der Waals surface area (Å²) in [5.41, 5.74) is -0.0112. The van der Waals surface area contributed by atoms with Crippen LogP contribution in [0.3, 0.4) is 0 Å². The molecule has 0 unspecified atom stereocenters. The van der Waals surface area contributed by atoms with E-state index in [4.69, 9.17) is 11.6 Å². The molecule has 0 aliphatic heterocycles. The van der Waals surface area contributed by atoms with Crippen molar-refractivity contribution in [3.63, 3.8) is 0 Å². The van der Waals surface area contributed by atoms with Crippen molar-refractivity contribution in [1.29, 1.82) is 0 Å². The van der Waals surface area contributed by atoms with Crippen molar-refractivity contribution in [2.24, 2.45) is 0 Å². The second-order valence-corrected chi connectivity index (χ2v) is 3.93. The predicted octanol–water partition coefficient (Wildman–Crippen LogP) is 3.25. The molecule has 0 saturated heterocycles. The molecule has 1 heterocycles. The maximum Gasteiger partial charge on any atom is 0.422 e. The summed E-state index contributed by atoms with van der Waals surface area (Å²) in [7, 11) is 0. The number of ketones is 1. The minimum atomic E-state index is -4.43. The number of ether oxygens (including phenoxy) is 1. The smallest absolute Gasteiger partial charge is 0.422 e. The number of rotatable bonds is 4. The lowest BCUT2D eigenvalue weighted by atomic mass is 10.3. The molecule has 8 heteroatoms. The Hall–Kier alpha value is -0.820. The summed E-state index contributed by atoms with van der Waals surface area (Å²) in [6.07, 6.45) is -3.41. The highest BCUT2D eigenvalue weighted by Crippen LogP contribution is 2.23. The molecule has 1 aromatic rings. The van der Waals surface area contributed by atoms with E-state index in [9.17, 15) is 18.0 Å². The first-order chi connectivity index (χ1) is 7.83. The van der Waals surface area contributed by atoms with Gasteiger partial charge < -0.3 is 4.74 Å². The summed E-state index contributed by atoms with van der Waals surface area (Å²) in [4.78, 5) is 14.9. The van der Waals surface area contributed by atoms with Gasteiger partial charge in [0.05, 0.1) is 16.5 Å². The molecule has 3 nitrogen and oxygen atoms in total. The fourth-order valence-corrected chi connectivity index (χ4v) is 1.46. The number of hydrogen-bond donors (Lipinski definition) is 0. The minimum Gasteiger partial charge on any atom is -0.482 e. The van der Waals surface area contributed by atoms with Gasteiger partial charge in [0.2, 0.25) is 0 Å². The molecule has 0 N–H and O–H groups in total. The van der Waals surface area contributed by atoms with Gasteiger partial charge in [-0.05, 0) is 0 Å². The highest BCUT2D eigenvalue weighted by molar-refractivity contribution is 9.09. The molecule has 17 heavy (non-hydrogen) atoms. The molecule has 0 amide bonds. The lowest BCUT2D eigenvalue weighted by Crippen LogP contribution is -2.19. The van der Waals surface area contributed by atoms with Crippen LogP contribution >= 0.6 is 27.5 Å². The average molecular weight is 333 g/mol. The van der Waals surface area contributed by atoms with E-state index in [-0.39, 0.29) is 27.6 Å². The highest BCUT2D eigenvalue weighted by atomic mass is 79.9. The molecule has 0 atom stereocenters. The van der Waals surface area contributed by atoms with Crippen molar-refractivity contribution in [3.05, 3.63) is 23.0 Å². The molecule has 1 aromatic heterocycles. The van der Waals surface area contributed by atoms with Crippen molar-refractivity contribution in [2.45, 2.75) is 6.18 Å². The summed E-state index contributed by atoms with van der Waals surface area (Å²) in [5.74, 6) is -0.504. The number of hydrogen-bond acceptors (Lipinski definition) is 3. The molecular weight excluding hydrogens is 326 g/mol. The first-order valence-electron chi connectivity index (χ1n) is 4.28. The van der Waals surface area contributed by atoms with Gasteiger partial charge in [-0.1, -0.05) is 27.5 Å². The Morgan fingerprint density at radius 3 is 2.65 bits per heavy atom. The predicted molar refractivity (Wildman–Crippen MR) is 58.9 cm³/mol. The van der Waals surface area contributed by atoms with Crippen LogP contribution in [0.25, 0.3) is 0 Å². The molecule has 0 saturated carbocycles. The summed E-state index contributed by atoms with van der Waals surface area (Å²) >= 11 is 8.62. The van der Waals surface area contributed by atoms with Crippen LogP contribution in [0.5, 0.6) is 5.75 Å². The van der Waals surface area contributed by atoms with Gasteiger partial charge in [0.1, 0.15) is 11.4 Å². The molecule has 0 bridgehead atoms. The standard InChI is InChI=1S/C9H6BrClF3NO2/c10-2-7(16)8-6(11)1-5(3-15-8)17-4-9(12,13)14/h1,3H,2,4H2. The molecule has 0 fully saturated rings. The minimum absolute atomic E-state index is 0.0112. The van der Waals surface area contributed by atoms with Gasteiger partial charge in [-0.25, -0.2) is 4.98 Å². The zero-order valence-electron chi connectivity index (χ0n) is 8.22. The summed E-state index contributed by atoms with van der Waals surface area (Å²) in [6, 6.07) is 1.12. The van der Waals surface area contributed by atoms with E-state index in [1.807, 2.05) is 0 Å². The fourth-order valence-electron chi connectivity index (χ4n) is 0.933. The zero-order chi connectivity index (χ0) is 13.1. The third-order valence-electron chi connectivity index (χ3n) is 1.60. The van der Waals surface area contributed by atoms with E-state index >= 15 is 0 Å². The maximum absolute atomic E-state index is 11.9. The van der Waals surface area contributed by atoms with Crippen LogP contribution in [0.2, 0.25) is 5.02 Å². The topological polar surface area (TPSA) is 39.2 Å².